The van der Waals surface area contributed by atoms with Crippen LogP contribution in [-0.2, 0) is 44.9 Å². The Balaban J connectivity index is 1.65. The average molecular weight is 827 g/mol. The van der Waals surface area contributed by atoms with Gasteiger partial charge in [0.05, 0.1) is 26.3 Å². The van der Waals surface area contributed by atoms with Gasteiger partial charge in [0.15, 0.2) is 0 Å². The van der Waals surface area contributed by atoms with Gasteiger partial charge in [-0.25, -0.2) is 4.79 Å². The van der Waals surface area contributed by atoms with Gasteiger partial charge < -0.3 is 38.2 Å². The third-order valence-corrected chi connectivity index (χ3v) is 14.1. The number of hydrogen-bond donors (Lipinski definition) is 0. The third-order valence-electron chi connectivity index (χ3n) is 10.7. The van der Waals surface area contributed by atoms with E-state index in [0.717, 1.165) is 45.8 Å². The van der Waals surface area contributed by atoms with Crippen molar-refractivity contribution in [3.8, 4) is 11.5 Å². The first-order valence-corrected chi connectivity index (χ1v) is 28.0. The van der Waals surface area contributed by atoms with Crippen LogP contribution in [0.5, 0.6) is 11.5 Å². The van der Waals surface area contributed by atoms with E-state index < -0.39 is 40.4 Å². The van der Waals surface area contributed by atoms with Crippen LogP contribution in [0.4, 0.5) is 4.79 Å². The van der Waals surface area contributed by atoms with E-state index in [1.807, 2.05) is 94.7 Å². The molecule has 9 nitrogen and oxygen atoms in total. The molecule has 0 saturated carbocycles. The predicted octanol–water partition coefficient (Wildman–Crippen LogP) is 9.76. The number of nitrogens with zero attached hydrogens (tertiary/aromatic N) is 2. The zero-order chi connectivity index (χ0) is 41.5. The van der Waals surface area contributed by atoms with E-state index in [1.165, 1.54) is 0 Å². The number of carbonyl (C=O) groups is 1. The fraction of sp³-hybridized carbons (Fsp3) is 0.468. The summed E-state index contributed by atoms with van der Waals surface area (Å²) < 4.78 is 37.6. The molecule has 0 N–H and O–H groups in total. The van der Waals surface area contributed by atoms with Crippen LogP contribution < -0.4 is 9.47 Å². The Morgan fingerprint density at radius 3 is 1.19 bits per heavy atom. The molecule has 4 atom stereocenters. The lowest BCUT2D eigenvalue weighted by molar-refractivity contribution is -0.188. The molecule has 1 aliphatic rings. The zero-order valence-corrected chi connectivity index (χ0v) is 38.0. The summed E-state index contributed by atoms with van der Waals surface area (Å²) >= 11 is 0. The van der Waals surface area contributed by atoms with Crippen LogP contribution in [0.15, 0.2) is 109 Å². The first-order chi connectivity index (χ1) is 27.8. The minimum atomic E-state index is -1.34. The average Bonchev–Trinajstić information content (AvgIpc) is 3.27. The van der Waals surface area contributed by atoms with Gasteiger partial charge in [0, 0.05) is 42.5 Å². The Hall–Kier alpha value is -3.98. The Labute approximate surface area is 349 Å². The molecule has 0 aliphatic carbocycles. The second kappa shape index (κ2) is 21.9. The molecule has 1 saturated heterocycles. The standard InChI is InChI=1S/C47H66N2O7Si2/c1-51-41-23-19-39(20-24-41)33-48-43(31-37-15-11-9-12-16-37)45(55-35-53-27-29-57(3,4)5)46(56-36-54-28-30-58(6,7)8)44(32-38-17-13-10-14-18-38)49(47(48)50)34-40-21-25-42(52-2)26-22-40/h9-26,43-46H,27-36H2,1-8H3/t43-,44-,45+,46+/m1/s1. The van der Waals surface area contributed by atoms with Gasteiger partial charge in [0.1, 0.15) is 37.3 Å². The van der Waals surface area contributed by atoms with Crippen LogP contribution in [-0.4, -0.2) is 97.3 Å². The predicted molar refractivity (Wildman–Crippen MR) is 238 cm³/mol. The summed E-state index contributed by atoms with van der Waals surface area (Å²) in [5.74, 6) is 1.52. The highest BCUT2D eigenvalue weighted by Gasteiger charge is 2.49. The summed E-state index contributed by atoms with van der Waals surface area (Å²) in [5, 5.41) is 0. The Morgan fingerprint density at radius 1 is 0.500 bits per heavy atom. The van der Waals surface area contributed by atoms with Gasteiger partial charge in [-0.2, -0.15) is 0 Å². The van der Waals surface area contributed by atoms with Gasteiger partial charge >= 0.3 is 6.03 Å². The number of urea groups is 1. The van der Waals surface area contributed by atoms with E-state index in [4.69, 9.17) is 28.4 Å². The third kappa shape index (κ3) is 14.1. The largest absolute Gasteiger partial charge is 0.497 e. The van der Waals surface area contributed by atoms with Crippen molar-refractivity contribution in [1.29, 1.82) is 0 Å². The van der Waals surface area contributed by atoms with Crippen LogP contribution in [0, 0.1) is 0 Å². The van der Waals surface area contributed by atoms with E-state index in [1.54, 1.807) is 14.2 Å². The SMILES string of the molecule is COc1ccc(CN2C(=O)N(Cc3ccc(OC)cc3)[C@H](Cc3ccccc3)[C@H](OCOCC[Si](C)(C)C)[C@@H](OCOCC[Si](C)(C)C)[C@H]2Cc2ccccc2)cc1. The molecule has 0 unspecified atom stereocenters. The molecule has 11 heteroatoms. The monoisotopic (exact) mass is 826 g/mol. The number of benzene rings is 4. The van der Waals surface area contributed by atoms with Gasteiger partial charge in [-0.15, -0.1) is 0 Å². The smallest absolute Gasteiger partial charge is 0.321 e. The number of hydrogen-bond acceptors (Lipinski definition) is 7. The second-order valence-electron chi connectivity index (χ2n) is 17.7. The maximum atomic E-state index is 15.7. The van der Waals surface area contributed by atoms with Crippen LogP contribution in [0.2, 0.25) is 51.4 Å². The molecule has 1 fully saturated rings. The van der Waals surface area contributed by atoms with Gasteiger partial charge in [-0.1, -0.05) is 124 Å². The van der Waals surface area contributed by atoms with Crippen molar-refractivity contribution < 1.29 is 33.2 Å². The normalized spacial score (nSPS) is 18.9. The van der Waals surface area contributed by atoms with Crippen molar-refractivity contribution in [3.63, 3.8) is 0 Å². The molecule has 0 bridgehead atoms. The van der Waals surface area contributed by atoms with Crippen molar-refractivity contribution >= 4 is 22.2 Å². The molecule has 2 amide bonds. The Morgan fingerprint density at radius 2 is 0.862 bits per heavy atom. The Bertz CT molecular complexity index is 1650. The minimum Gasteiger partial charge on any atom is -0.497 e. The van der Waals surface area contributed by atoms with Crippen molar-refractivity contribution in [2.45, 2.75) is 102 Å². The fourth-order valence-corrected chi connectivity index (χ4v) is 8.68. The van der Waals surface area contributed by atoms with Gasteiger partial charge in [-0.3, -0.25) is 0 Å². The summed E-state index contributed by atoms with van der Waals surface area (Å²) in [4.78, 5) is 19.7. The van der Waals surface area contributed by atoms with Crippen LogP contribution in [0.25, 0.3) is 0 Å². The van der Waals surface area contributed by atoms with Crippen molar-refractivity contribution in [3.05, 3.63) is 131 Å². The Kier molecular flexibility index (Phi) is 17.0. The molecule has 0 spiro atoms. The number of carbonyl (C=O) groups excluding carboxylic acids is 1. The lowest BCUT2D eigenvalue weighted by atomic mass is 9.90. The van der Waals surface area contributed by atoms with Gasteiger partial charge in [-0.05, 0) is 71.4 Å². The summed E-state index contributed by atoms with van der Waals surface area (Å²) in [6.07, 6.45) is -0.0610. The number of ether oxygens (including phenoxy) is 6. The maximum absolute atomic E-state index is 15.7. The lowest BCUT2D eigenvalue weighted by Crippen LogP contribution is -2.53. The first-order valence-electron chi connectivity index (χ1n) is 20.6. The molecule has 1 heterocycles. The first kappa shape index (κ1) is 45.1. The summed E-state index contributed by atoms with van der Waals surface area (Å²) in [6.45, 7) is 16.2. The molecule has 58 heavy (non-hydrogen) atoms. The van der Waals surface area contributed by atoms with Crippen LogP contribution in [0.1, 0.15) is 22.3 Å². The van der Waals surface area contributed by atoms with Crippen LogP contribution >= 0.6 is 0 Å². The molecule has 4 aromatic carbocycles. The topological polar surface area (TPSA) is 78.9 Å². The number of rotatable bonds is 22. The molecular formula is C47H66N2O7Si2. The number of amides is 2. The molecule has 1 aliphatic heterocycles. The highest BCUT2D eigenvalue weighted by atomic mass is 28.3. The summed E-state index contributed by atoms with van der Waals surface area (Å²) in [7, 11) is 0.636. The number of methoxy groups -OCH3 is 2. The maximum Gasteiger partial charge on any atom is 0.321 e. The molecule has 314 valence electrons. The van der Waals surface area contributed by atoms with E-state index in [2.05, 4.69) is 63.5 Å². The lowest BCUT2D eigenvalue weighted by Gasteiger charge is -2.38. The van der Waals surface area contributed by atoms with Crippen molar-refractivity contribution in [2.75, 3.05) is 41.0 Å². The summed E-state index contributed by atoms with van der Waals surface area (Å²) in [5.41, 5.74) is 4.16. The fourth-order valence-electron chi connectivity index (χ4n) is 7.17. The molecular weight excluding hydrogens is 761 g/mol. The highest BCUT2D eigenvalue weighted by molar-refractivity contribution is 6.76. The van der Waals surface area contributed by atoms with E-state index in [-0.39, 0.29) is 19.6 Å². The molecule has 4 aromatic rings. The van der Waals surface area contributed by atoms with E-state index in [0.29, 0.717) is 39.1 Å². The van der Waals surface area contributed by atoms with Gasteiger partial charge in [0.2, 0.25) is 0 Å². The molecule has 0 aromatic heterocycles. The second-order valence-corrected chi connectivity index (χ2v) is 28.9. The van der Waals surface area contributed by atoms with E-state index in [9.17, 15) is 0 Å². The van der Waals surface area contributed by atoms with E-state index >= 15 is 4.79 Å². The molecule has 0 radical (unpaired) electrons. The highest BCUT2D eigenvalue weighted by Crippen LogP contribution is 2.34. The minimum absolute atomic E-state index is 0.0812. The quantitative estimate of drug-likeness (QED) is 0.0444. The van der Waals surface area contributed by atoms with Crippen molar-refractivity contribution in [2.24, 2.45) is 0 Å². The summed E-state index contributed by atoms with van der Waals surface area (Å²) in [6, 6.07) is 37.7. The molecule has 5 rings (SSSR count). The van der Waals surface area contributed by atoms with Gasteiger partial charge in [0.25, 0.3) is 0 Å². The zero-order valence-electron chi connectivity index (χ0n) is 36.0. The van der Waals surface area contributed by atoms with Crippen LogP contribution in [0.3, 0.4) is 0 Å². The van der Waals surface area contributed by atoms with Crippen molar-refractivity contribution in [1.82, 2.24) is 9.80 Å².